The molecule has 1 fully saturated rings. The van der Waals surface area contributed by atoms with Crippen LogP contribution >= 0.6 is 0 Å². The zero-order valence-electron chi connectivity index (χ0n) is 10.5. The van der Waals surface area contributed by atoms with Gasteiger partial charge in [0.25, 0.3) is 6.43 Å². The van der Waals surface area contributed by atoms with E-state index >= 15 is 0 Å². The Labute approximate surface area is 102 Å². The third kappa shape index (κ3) is 5.75. The first kappa shape index (κ1) is 14.8. The standard InChI is InChI=1S/C12H24F2N2O/c1-9-2-4-10(5-3-9)11(16-15)6-7-17-8-12(13)14/h9-12,16H,2-8,15H2,1H3. The SMILES string of the molecule is CC1CCC(C(CCOCC(F)F)NN)CC1. The van der Waals surface area contributed by atoms with Gasteiger partial charge in [-0.05, 0) is 31.1 Å². The summed E-state index contributed by atoms with van der Waals surface area (Å²) < 4.78 is 28.6. The topological polar surface area (TPSA) is 47.3 Å². The minimum atomic E-state index is -2.38. The molecule has 0 bridgehead atoms. The first-order chi connectivity index (χ1) is 8.13. The lowest BCUT2D eigenvalue weighted by Crippen LogP contribution is -2.42. The number of halogens is 2. The number of ether oxygens (including phenoxy) is 1. The van der Waals surface area contributed by atoms with E-state index < -0.39 is 13.0 Å². The molecule has 0 radical (unpaired) electrons. The summed E-state index contributed by atoms with van der Waals surface area (Å²) in [4.78, 5) is 0. The van der Waals surface area contributed by atoms with Gasteiger partial charge < -0.3 is 4.74 Å². The van der Waals surface area contributed by atoms with Gasteiger partial charge >= 0.3 is 0 Å². The van der Waals surface area contributed by atoms with Crippen LogP contribution in [0.5, 0.6) is 0 Å². The minimum Gasteiger partial charge on any atom is -0.375 e. The smallest absolute Gasteiger partial charge is 0.261 e. The van der Waals surface area contributed by atoms with Gasteiger partial charge in [0, 0.05) is 12.6 Å². The Morgan fingerprint density at radius 3 is 2.47 bits per heavy atom. The van der Waals surface area contributed by atoms with Gasteiger partial charge in [0.1, 0.15) is 6.61 Å². The van der Waals surface area contributed by atoms with Crippen molar-refractivity contribution in [2.75, 3.05) is 13.2 Å². The molecule has 0 amide bonds. The van der Waals surface area contributed by atoms with E-state index in [9.17, 15) is 8.78 Å². The number of nitrogens with one attached hydrogen (secondary N) is 1. The van der Waals surface area contributed by atoms with Crippen LogP contribution in [-0.2, 0) is 4.74 Å². The van der Waals surface area contributed by atoms with Gasteiger partial charge in [0.05, 0.1) is 0 Å². The second kappa shape index (κ2) is 7.95. The Kier molecular flexibility index (Phi) is 6.92. The lowest BCUT2D eigenvalue weighted by molar-refractivity contribution is 0.0118. The first-order valence-corrected chi connectivity index (χ1v) is 6.45. The molecular weight excluding hydrogens is 226 g/mol. The van der Waals surface area contributed by atoms with Crippen LogP contribution in [0.25, 0.3) is 0 Å². The van der Waals surface area contributed by atoms with Crippen LogP contribution in [0.15, 0.2) is 0 Å². The van der Waals surface area contributed by atoms with Crippen molar-refractivity contribution in [2.45, 2.75) is 51.5 Å². The molecule has 1 aliphatic carbocycles. The summed E-state index contributed by atoms with van der Waals surface area (Å²) in [6.45, 7) is 2.15. The average molecular weight is 250 g/mol. The summed E-state index contributed by atoms with van der Waals surface area (Å²) in [6.07, 6.45) is 3.15. The number of hydrazine groups is 1. The quantitative estimate of drug-likeness (QED) is 0.414. The van der Waals surface area contributed by atoms with E-state index in [2.05, 4.69) is 12.3 Å². The predicted molar refractivity (Wildman–Crippen MR) is 63.7 cm³/mol. The van der Waals surface area contributed by atoms with Crippen molar-refractivity contribution in [3.63, 3.8) is 0 Å². The summed E-state index contributed by atoms with van der Waals surface area (Å²) in [7, 11) is 0. The molecule has 1 aliphatic rings. The van der Waals surface area contributed by atoms with Crippen LogP contribution in [0.2, 0.25) is 0 Å². The van der Waals surface area contributed by atoms with Crippen LogP contribution < -0.4 is 11.3 Å². The van der Waals surface area contributed by atoms with Gasteiger partial charge in [-0.15, -0.1) is 0 Å². The van der Waals surface area contributed by atoms with E-state index in [0.29, 0.717) is 18.9 Å². The molecule has 1 unspecified atom stereocenters. The maximum Gasteiger partial charge on any atom is 0.261 e. The normalized spacial score (nSPS) is 27.4. The Bertz CT molecular complexity index is 197. The molecule has 17 heavy (non-hydrogen) atoms. The number of hydrogen-bond donors (Lipinski definition) is 2. The highest BCUT2D eigenvalue weighted by Gasteiger charge is 2.25. The fourth-order valence-corrected chi connectivity index (χ4v) is 2.53. The molecule has 0 aromatic rings. The Morgan fingerprint density at radius 2 is 1.94 bits per heavy atom. The van der Waals surface area contributed by atoms with Crippen molar-refractivity contribution in [1.82, 2.24) is 5.43 Å². The molecule has 1 atom stereocenters. The number of alkyl halides is 2. The first-order valence-electron chi connectivity index (χ1n) is 6.45. The second-order valence-corrected chi connectivity index (χ2v) is 5.05. The molecule has 3 N–H and O–H groups in total. The number of nitrogens with two attached hydrogens (primary N) is 1. The van der Waals surface area contributed by atoms with Crippen molar-refractivity contribution >= 4 is 0 Å². The summed E-state index contributed by atoms with van der Waals surface area (Å²) in [5, 5.41) is 0. The summed E-state index contributed by atoms with van der Waals surface area (Å²) in [6, 6.07) is 0.195. The van der Waals surface area contributed by atoms with Gasteiger partial charge in [-0.2, -0.15) is 0 Å². The van der Waals surface area contributed by atoms with Crippen molar-refractivity contribution in [3.05, 3.63) is 0 Å². The van der Waals surface area contributed by atoms with Gasteiger partial charge in [0.15, 0.2) is 0 Å². The highest BCUT2D eigenvalue weighted by Crippen LogP contribution is 2.31. The van der Waals surface area contributed by atoms with Crippen LogP contribution in [0.4, 0.5) is 8.78 Å². The van der Waals surface area contributed by atoms with Crippen LogP contribution in [0.1, 0.15) is 39.0 Å². The predicted octanol–water partition coefficient (Wildman–Crippen LogP) is 2.32. The zero-order chi connectivity index (χ0) is 12.7. The molecule has 0 aliphatic heterocycles. The maximum atomic E-state index is 11.9. The van der Waals surface area contributed by atoms with Gasteiger partial charge in [-0.1, -0.05) is 19.8 Å². The van der Waals surface area contributed by atoms with E-state index in [1.165, 1.54) is 25.7 Å². The summed E-state index contributed by atoms with van der Waals surface area (Å²) in [5.41, 5.74) is 2.81. The van der Waals surface area contributed by atoms with Gasteiger partial charge in [-0.25, -0.2) is 8.78 Å². The monoisotopic (exact) mass is 250 g/mol. The van der Waals surface area contributed by atoms with Gasteiger partial charge in [0.2, 0.25) is 0 Å². The van der Waals surface area contributed by atoms with Crippen molar-refractivity contribution in [3.8, 4) is 0 Å². The third-order valence-electron chi connectivity index (χ3n) is 3.66. The summed E-state index contributed by atoms with van der Waals surface area (Å²) in [5.74, 6) is 6.89. The lowest BCUT2D eigenvalue weighted by Gasteiger charge is -2.32. The molecular formula is C12H24F2N2O. The molecule has 102 valence electrons. The molecule has 0 aromatic carbocycles. The average Bonchev–Trinajstić information content (AvgIpc) is 2.30. The molecule has 1 rings (SSSR count). The fraction of sp³-hybridized carbons (Fsp3) is 1.00. The van der Waals surface area contributed by atoms with Crippen LogP contribution in [-0.4, -0.2) is 25.7 Å². The molecule has 0 spiro atoms. The van der Waals surface area contributed by atoms with Gasteiger partial charge in [-0.3, -0.25) is 11.3 Å². The van der Waals surface area contributed by atoms with Crippen molar-refractivity contribution in [2.24, 2.45) is 17.7 Å². The third-order valence-corrected chi connectivity index (χ3v) is 3.66. The van der Waals surface area contributed by atoms with Crippen LogP contribution in [0.3, 0.4) is 0 Å². The van der Waals surface area contributed by atoms with Crippen molar-refractivity contribution in [1.29, 1.82) is 0 Å². The largest absolute Gasteiger partial charge is 0.375 e. The maximum absolute atomic E-state index is 11.9. The second-order valence-electron chi connectivity index (χ2n) is 5.05. The Morgan fingerprint density at radius 1 is 1.29 bits per heavy atom. The molecule has 0 aromatic heterocycles. The minimum absolute atomic E-state index is 0.195. The molecule has 1 saturated carbocycles. The van der Waals surface area contributed by atoms with E-state index in [4.69, 9.17) is 10.6 Å². The fourth-order valence-electron chi connectivity index (χ4n) is 2.53. The molecule has 5 heteroatoms. The van der Waals surface area contributed by atoms with E-state index in [0.717, 1.165) is 5.92 Å². The molecule has 0 heterocycles. The Balaban J connectivity index is 2.18. The zero-order valence-corrected chi connectivity index (χ0v) is 10.5. The van der Waals surface area contributed by atoms with Crippen molar-refractivity contribution < 1.29 is 13.5 Å². The van der Waals surface area contributed by atoms with E-state index in [1.54, 1.807) is 0 Å². The number of rotatable bonds is 7. The molecule has 3 nitrogen and oxygen atoms in total. The summed E-state index contributed by atoms with van der Waals surface area (Å²) >= 11 is 0. The molecule has 0 saturated heterocycles. The van der Waals surface area contributed by atoms with E-state index in [-0.39, 0.29) is 6.04 Å². The lowest BCUT2D eigenvalue weighted by atomic mass is 9.78. The highest BCUT2D eigenvalue weighted by molar-refractivity contribution is 4.79. The Hall–Kier alpha value is -0.260. The van der Waals surface area contributed by atoms with E-state index in [1.807, 2.05) is 0 Å². The highest BCUT2D eigenvalue weighted by atomic mass is 19.3. The number of hydrogen-bond acceptors (Lipinski definition) is 3. The van der Waals surface area contributed by atoms with Crippen LogP contribution in [0, 0.1) is 11.8 Å².